The summed E-state index contributed by atoms with van der Waals surface area (Å²) in [6.07, 6.45) is -2.49. The lowest BCUT2D eigenvalue weighted by Gasteiger charge is -2.07. The number of halogens is 2. The first-order valence-corrected chi connectivity index (χ1v) is 6.35. The van der Waals surface area contributed by atoms with Gasteiger partial charge in [0.15, 0.2) is 5.82 Å². The summed E-state index contributed by atoms with van der Waals surface area (Å²) in [6, 6.07) is 0. The summed E-state index contributed by atoms with van der Waals surface area (Å²) in [5, 5.41) is 3.29. The molecule has 9 heteroatoms. The van der Waals surface area contributed by atoms with Crippen LogP contribution >= 0.6 is 11.5 Å². The van der Waals surface area contributed by atoms with Crippen LogP contribution in [0.4, 0.5) is 19.6 Å². The van der Waals surface area contributed by atoms with Gasteiger partial charge in [0, 0.05) is 6.54 Å². The summed E-state index contributed by atoms with van der Waals surface area (Å²) in [7, 11) is 0. The Hall–Kier alpha value is -1.48. The highest BCUT2D eigenvalue weighted by Gasteiger charge is 2.20. The van der Waals surface area contributed by atoms with Crippen LogP contribution in [0.15, 0.2) is 0 Å². The highest BCUT2D eigenvalue weighted by Crippen LogP contribution is 2.27. The third-order valence-electron chi connectivity index (χ3n) is 1.97. The largest absolute Gasteiger partial charge is 0.462 e. The highest BCUT2D eigenvalue weighted by molar-refractivity contribution is 7.11. The summed E-state index contributed by atoms with van der Waals surface area (Å²) in [5.41, 5.74) is 5.74. The fourth-order valence-corrected chi connectivity index (χ4v) is 1.96. The first kappa shape index (κ1) is 15.6. The lowest BCUT2D eigenvalue weighted by molar-refractivity contribution is 0.0215. The monoisotopic (exact) mass is 295 g/mol. The molecule has 1 heterocycles. The Morgan fingerprint density at radius 2 is 2.32 bits per heavy atom. The Kier molecular flexibility index (Phi) is 6.43. The molecule has 0 radical (unpaired) electrons. The lowest BCUT2D eigenvalue weighted by atomic mass is 10.3. The number of nitrogens with one attached hydrogen (secondary N) is 1. The molecule has 19 heavy (non-hydrogen) atoms. The van der Waals surface area contributed by atoms with Crippen molar-refractivity contribution in [3.05, 3.63) is 5.56 Å². The van der Waals surface area contributed by atoms with Crippen molar-refractivity contribution in [2.75, 3.05) is 37.4 Å². The van der Waals surface area contributed by atoms with E-state index in [1.807, 2.05) is 0 Å². The van der Waals surface area contributed by atoms with E-state index >= 15 is 0 Å². The molecule has 0 amide bonds. The zero-order valence-electron chi connectivity index (χ0n) is 10.3. The summed E-state index contributed by atoms with van der Waals surface area (Å²) < 4.78 is 37.0. The number of alkyl halides is 2. The minimum absolute atomic E-state index is 0.0828. The highest BCUT2D eigenvalue weighted by atomic mass is 32.1. The van der Waals surface area contributed by atoms with Gasteiger partial charge < -0.3 is 20.5 Å². The normalized spacial score (nSPS) is 10.7. The van der Waals surface area contributed by atoms with Crippen LogP contribution in [-0.2, 0) is 9.47 Å². The van der Waals surface area contributed by atoms with Gasteiger partial charge in [0.2, 0.25) is 0 Å². The molecule has 108 valence electrons. The van der Waals surface area contributed by atoms with Gasteiger partial charge in [0.05, 0.1) is 13.2 Å². The number of hydrogen-bond donors (Lipinski definition) is 2. The SMILES string of the molecule is CCOC(=O)c1c(N)nsc1NCCOCC(F)F. The van der Waals surface area contributed by atoms with Crippen LogP contribution in [0, 0.1) is 0 Å². The maximum atomic E-state index is 11.8. The van der Waals surface area contributed by atoms with Gasteiger partial charge in [-0.15, -0.1) is 0 Å². The number of nitrogens with zero attached hydrogens (tertiary/aromatic N) is 1. The number of esters is 1. The van der Waals surface area contributed by atoms with E-state index in [1.165, 1.54) is 0 Å². The molecule has 0 bridgehead atoms. The maximum absolute atomic E-state index is 11.8. The van der Waals surface area contributed by atoms with Crippen molar-refractivity contribution < 1.29 is 23.0 Å². The topological polar surface area (TPSA) is 86.5 Å². The zero-order chi connectivity index (χ0) is 14.3. The number of hydrogen-bond acceptors (Lipinski definition) is 7. The van der Waals surface area contributed by atoms with Crippen molar-refractivity contribution in [2.24, 2.45) is 0 Å². The van der Waals surface area contributed by atoms with Gasteiger partial charge in [-0.25, -0.2) is 13.6 Å². The van der Waals surface area contributed by atoms with Crippen molar-refractivity contribution in [1.82, 2.24) is 4.37 Å². The van der Waals surface area contributed by atoms with Gasteiger partial charge in [-0.2, -0.15) is 4.37 Å². The molecule has 0 fully saturated rings. The molecule has 1 rings (SSSR count). The van der Waals surface area contributed by atoms with Crippen molar-refractivity contribution in [3.8, 4) is 0 Å². The number of carbonyl (C=O) groups excluding carboxylic acids is 1. The standard InChI is InChI=1S/C10H15F2N3O3S/c1-2-18-10(16)7-8(13)15-19-9(7)14-3-4-17-5-6(11)12/h6,14H,2-5H2,1H3,(H2,13,15). The predicted molar refractivity (Wildman–Crippen MR) is 67.8 cm³/mol. The molecule has 0 saturated heterocycles. The Labute approximate surface area is 113 Å². The van der Waals surface area contributed by atoms with E-state index in [4.69, 9.17) is 15.2 Å². The molecular formula is C10H15F2N3O3S. The molecule has 3 N–H and O–H groups in total. The third kappa shape index (κ3) is 4.95. The zero-order valence-corrected chi connectivity index (χ0v) is 11.1. The van der Waals surface area contributed by atoms with Crippen LogP contribution in [0.25, 0.3) is 0 Å². The van der Waals surface area contributed by atoms with Crippen molar-refractivity contribution >= 4 is 28.3 Å². The Bertz CT molecular complexity index is 415. The minimum atomic E-state index is -2.49. The maximum Gasteiger partial charge on any atom is 0.344 e. The number of aromatic nitrogens is 1. The third-order valence-corrected chi connectivity index (χ3v) is 2.79. The summed E-state index contributed by atoms with van der Waals surface area (Å²) in [5.74, 6) is -0.482. The second kappa shape index (κ2) is 7.85. The van der Waals surface area contributed by atoms with Gasteiger partial charge in [-0.1, -0.05) is 0 Å². The second-order valence-electron chi connectivity index (χ2n) is 3.39. The van der Waals surface area contributed by atoms with Crippen molar-refractivity contribution in [2.45, 2.75) is 13.3 Å². The minimum Gasteiger partial charge on any atom is -0.462 e. The van der Waals surface area contributed by atoms with Gasteiger partial charge >= 0.3 is 5.97 Å². The molecule has 0 aliphatic rings. The fourth-order valence-electron chi connectivity index (χ4n) is 1.23. The molecule has 0 saturated carbocycles. The summed E-state index contributed by atoms with van der Waals surface area (Å²) in [4.78, 5) is 11.6. The molecule has 1 aromatic heterocycles. The van der Waals surface area contributed by atoms with E-state index in [0.717, 1.165) is 11.5 Å². The quantitative estimate of drug-likeness (QED) is 0.559. The Morgan fingerprint density at radius 1 is 1.58 bits per heavy atom. The van der Waals surface area contributed by atoms with Gasteiger partial charge in [-0.3, -0.25) is 0 Å². The van der Waals surface area contributed by atoms with E-state index in [9.17, 15) is 13.6 Å². The smallest absolute Gasteiger partial charge is 0.344 e. The van der Waals surface area contributed by atoms with Crippen LogP contribution in [0.1, 0.15) is 17.3 Å². The van der Waals surface area contributed by atoms with Crippen LogP contribution in [0.2, 0.25) is 0 Å². The Balaban J connectivity index is 2.47. The van der Waals surface area contributed by atoms with Gasteiger partial charge in [0.1, 0.15) is 17.2 Å². The van der Waals surface area contributed by atoms with Gasteiger partial charge in [-0.05, 0) is 18.5 Å². The van der Waals surface area contributed by atoms with Crippen molar-refractivity contribution in [1.29, 1.82) is 0 Å². The summed E-state index contributed by atoms with van der Waals surface area (Å²) >= 11 is 1.00. The van der Waals surface area contributed by atoms with E-state index in [0.29, 0.717) is 5.00 Å². The molecule has 0 unspecified atom stereocenters. The predicted octanol–water partition coefficient (Wildman–Crippen LogP) is 1.60. The molecule has 1 aromatic rings. The average molecular weight is 295 g/mol. The first-order chi connectivity index (χ1) is 9.06. The molecule has 0 spiro atoms. The molecular weight excluding hydrogens is 280 g/mol. The number of ether oxygens (including phenoxy) is 2. The fraction of sp³-hybridized carbons (Fsp3) is 0.600. The molecule has 6 nitrogen and oxygen atoms in total. The molecule has 0 aliphatic heterocycles. The van der Waals surface area contributed by atoms with E-state index in [2.05, 4.69) is 9.69 Å². The van der Waals surface area contributed by atoms with Crippen molar-refractivity contribution in [3.63, 3.8) is 0 Å². The number of nitrogen functional groups attached to an aromatic ring is 1. The van der Waals surface area contributed by atoms with Gasteiger partial charge in [0.25, 0.3) is 6.43 Å². The van der Waals surface area contributed by atoms with E-state index in [-0.39, 0.29) is 31.1 Å². The number of rotatable bonds is 8. The molecule has 0 aliphatic carbocycles. The lowest BCUT2D eigenvalue weighted by Crippen LogP contribution is -2.15. The van der Waals surface area contributed by atoms with Crippen LogP contribution in [0.3, 0.4) is 0 Å². The van der Waals surface area contributed by atoms with E-state index < -0.39 is 19.0 Å². The van der Waals surface area contributed by atoms with Crippen LogP contribution < -0.4 is 11.1 Å². The van der Waals surface area contributed by atoms with E-state index in [1.54, 1.807) is 6.92 Å². The Morgan fingerprint density at radius 3 is 2.95 bits per heavy atom. The first-order valence-electron chi connectivity index (χ1n) is 5.58. The average Bonchev–Trinajstić information content (AvgIpc) is 2.70. The molecule has 0 aromatic carbocycles. The number of carbonyl (C=O) groups is 1. The van der Waals surface area contributed by atoms with Crippen LogP contribution in [0.5, 0.6) is 0 Å². The molecule has 0 atom stereocenters. The second-order valence-corrected chi connectivity index (χ2v) is 4.16. The number of anilines is 2. The van der Waals surface area contributed by atoms with Crippen LogP contribution in [-0.4, -0.2) is 43.1 Å². The number of nitrogens with two attached hydrogens (primary N) is 1. The summed E-state index contributed by atoms with van der Waals surface area (Å²) in [6.45, 7) is 1.65.